The fraction of sp³-hybridized carbons (Fsp3) is 0.526. The van der Waals surface area contributed by atoms with E-state index in [0.717, 1.165) is 12.8 Å². The quantitative estimate of drug-likeness (QED) is 0.819. The molecule has 2 atom stereocenters. The standard InChI is InChI=1S/C19H23N3O4/c1-12-20-21-18(25-12)16-10-14(24-2)11-22(16)19(23)15-8-3-4-9-17(15)26-13-6-5-7-13/h3-4,8-9,13-14,16H,5-7,10-11H2,1-2H3/t14-,16+/m0/s1. The lowest BCUT2D eigenvalue weighted by molar-refractivity contribution is 0.0659. The second-order valence-electron chi connectivity index (χ2n) is 6.89. The number of amides is 1. The summed E-state index contributed by atoms with van der Waals surface area (Å²) in [5, 5.41) is 8.02. The number of para-hydroxylation sites is 1. The lowest BCUT2D eigenvalue weighted by Crippen LogP contribution is -2.33. The molecule has 2 fully saturated rings. The third kappa shape index (κ3) is 3.19. The van der Waals surface area contributed by atoms with Crippen LogP contribution in [-0.4, -0.2) is 46.9 Å². The third-order valence-corrected chi connectivity index (χ3v) is 5.15. The van der Waals surface area contributed by atoms with Crippen LogP contribution in [-0.2, 0) is 4.74 Å². The van der Waals surface area contributed by atoms with Gasteiger partial charge in [0.2, 0.25) is 11.8 Å². The van der Waals surface area contributed by atoms with Crippen LogP contribution in [0.5, 0.6) is 5.75 Å². The predicted molar refractivity (Wildman–Crippen MR) is 92.9 cm³/mol. The summed E-state index contributed by atoms with van der Waals surface area (Å²) in [6.07, 6.45) is 4.06. The molecule has 1 aliphatic carbocycles. The van der Waals surface area contributed by atoms with Crippen molar-refractivity contribution < 1.29 is 18.7 Å². The van der Waals surface area contributed by atoms with Gasteiger partial charge in [0.05, 0.1) is 17.8 Å². The average molecular weight is 357 g/mol. The van der Waals surface area contributed by atoms with Crippen LogP contribution in [0.15, 0.2) is 28.7 Å². The molecule has 0 unspecified atom stereocenters. The number of rotatable bonds is 5. The summed E-state index contributed by atoms with van der Waals surface area (Å²) in [5.41, 5.74) is 0.567. The Morgan fingerprint density at radius 2 is 2.04 bits per heavy atom. The van der Waals surface area contributed by atoms with Crippen LogP contribution in [0.4, 0.5) is 0 Å². The van der Waals surface area contributed by atoms with Gasteiger partial charge in [-0.05, 0) is 31.4 Å². The van der Waals surface area contributed by atoms with E-state index in [1.165, 1.54) is 6.42 Å². The van der Waals surface area contributed by atoms with Crippen molar-refractivity contribution in [2.45, 2.75) is 50.9 Å². The van der Waals surface area contributed by atoms with Gasteiger partial charge in [-0.3, -0.25) is 4.79 Å². The van der Waals surface area contributed by atoms with Gasteiger partial charge in [-0.1, -0.05) is 12.1 Å². The Morgan fingerprint density at radius 3 is 2.69 bits per heavy atom. The highest BCUT2D eigenvalue weighted by atomic mass is 16.5. The molecule has 0 spiro atoms. The summed E-state index contributed by atoms with van der Waals surface area (Å²) < 4.78 is 17.1. The minimum atomic E-state index is -0.287. The lowest BCUT2D eigenvalue weighted by Gasteiger charge is -2.28. The Bertz CT molecular complexity index is 787. The highest BCUT2D eigenvalue weighted by Gasteiger charge is 2.40. The van der Waals surface area contributed by atoms with Gasteiger partial charge in [-0.25, -0.2) is 0 Å². The number of carbonyl (C=O) groups excluding carboxylic acids is 1. The van der Waals surface area contributed by atoms with Gasteiger partial charge in [0, 0.05) is 27.0 Å². The number of aryl methyl sites for hydroxylation is 1. The van der Waals surface area contributed by atoms with Crippen molar-refractivity contribution in [3.8, 4) is 5.75 Å². The molecule has 138 valence electrons. The Kier molecular flexibility index (Phi) is 4.63. The fourth-order valence-corrected chi connectivity index (χ4v) is 3.44. The Labute approximate surface area is 152 Å². The van der Waals surface area contributed by atoms with Crippen molar-refractivity contribution in [2.24, 2.45) is 0 Å². The Morgan fingerprint density at radius 1 is 1.23 bits per heavy atom. The molecule has 1 aromatic heterocycles. The predicted octanol–water partition coefficient (Wildman–Crippen LogP) is 2.91. The van der Waals surface area contributed by atoms with Crippen LogP contribution >= 0.6 is 0 Å². The second-order valence-corrected chi connectivity index (χ2v) is 6.89. The monoisotopic (exact) mass is 357 g/mol. The van der Waals surface area contributed by atoms with Crippen LogP contribution < -0.4 is 4.74 Å². The smallest absolute Gasteiger partial charge is 0.258 e. The number of hydrogen-bond donors (Lipinski definition) is 0. The highest BCUT2D eigenvalue weighted by Crippen LogP contribution is 2.36. The number of methoxy groups -OCH3 is 1. The van der Waals surface area contributed by atoms with E-state index in [2.05, 4.69) is 10.2 Å². The largest absolute Gasteiger partial charge is 0.490 e. The number of nitrogens with zero attached hydrogens (tertiary/aromatic N) is 3. The number of carbonyl (C=O) groups is 1. The molecule has 1 aromatic carbocycles. The topological polar surface area (TPSA) is 77.7 Å². The van der Waals surface area contributed by atoms with Crippen molar-refractivity contribution >= 4 is 5.91 Å². The maximum atomic E-state index is 13.3. The fourth-order valence-electron chi connectivity index (χ4n) is 3.44. The molecule has 0 N–H and O–H groups in total. The summed E-state index contributed by atoms with van der Waals surface area (Å²) in [6.45, 7) is 2.23. The summed E-state index contributed by atoms with van der Waals surface area (Å²) >= 11 is 0. The second kappa shape index (κ2) is 7.07. The zero-order valence-corrected chi connectivity index (χ0v) is 15.1. The normalized spacial score (nSPS) is 23.1. The summed E-state index contributed by atoms with van der Waals surface area (Å²) in [6, 6.07) is 7.14. The molecule has 0 bridgehead atoms. The molecule has 2 aromatic rings. The molecule has 26 heavy (non-hydrogen) atoms. The van der Waals surface area contributed by atoms with Crippen molar-refractivity contribution in [1.82, 2.24) is 15.1 Å². The van der Waals surface area contributed by atoms with E-state index in [0.29, 0.717) is 36.1 Å². The van der Waals surface area contributed by atoms with Gasteiger partial charge in [0.15, 0.2) is 0 Å². The van der Waals surface area contributed by atoms with E-state index in [-0.39, 0.29) is 24.2 Å². The van der Waals surface area contributed by atoms with Gasteiger partial charge in [0.25, 0.3) is 5.91 Å². The van der Waals surface area contributed by atoms with E-state index in [9.17, 15) is 4.79 Å². The molecule has 1 aliphatic heterocycles. The van der Waals surface area contributed by atoms with E-state index >= 15 is 0 Å². The SMILES string of the molecule is CO[C@H]1C[C@H](c2nnc(C)o2)N(C(=O)c2ccccc2OC2CCC2)C1. The maximum Gasteiger partial charge on any atom is 0.258 e. The first-order valence-electron chi connectivity index (χ1n) is 9.05. The van der Waals surface area contributed by atoms with Crippen LogP contribution in [0.2, 0.25) is 0 Å². The van der Waals surface area contributed by atoms with Crippen LogP contribution in [0.3, 0.4) is 0 Å². The van der Waals surface area contributed by atoms with Gasteiger partial charge in [-0.2, -0.15) is 0 Å². The molecule has 1 amide bonds. The van der Waals surface area contributed by atoms with Crippen molar-refractivity contribution in [1.29, 1.82) is 0 Å². The Balaban J connectivity index is 1.61. The van der Waals surface area contributed by atoms with Crippen LogP contribution in [0, 0.1) is 6.92 Å². The number of ether oxygens (including phenoxy) is 2. The first-order valence-corrected chi connectivity index (χ1v) is 9.05. The van der Waals surface area contributed by atoms with E-state index in [4.69, 9.17) is 13.9 Å². The third-order valence-electron chi connectivity index (χ3n) is 5.15. The molecule has 1 saturated heterocycles. The number of benzene rings is 1. The van der Waals surface area contributed by atoms with Crippen LogP contribution in [0.25, 0.3) is 0 Å². The molecule has 1 saturated carbocycles. The van der Waals surface area contributed by atoms with E-state index < -0.39 is 0 Å². The molecule has 2 aliphatic rings. The zero-order valence-electron chi connectivity index (χ0n) is 15.1. The Hall–Kier alpha value is -2.41. The molecular weight excluding hydrogens is 334 g/mol. The van der Waals surface area contributed by atoms with Crippen molar-refractivity contribution in [3.63, 3.8) is 0 Å². The van der Waals surface area contributed by atoms with E-state index in [1.807, 2.05) is 24.3 Å². The molecular formula is C19H23N3O4. The molecule has 2 heterocycles. The first-order chi connectivity index (χ1) is 12.7. The molecule has 0 radical (unpaired) electrons. The average Bonchev–Trinajstić information content (AvgIpc) is 3.24. The summed E-state index contributed by atoms with van der Waals surface area (Å²) in [5.74, 6) is 1.48. The minimum Gasteiger partial charge on any atom is -0.490 e. The van der Waals surface area contributed by atoms with Crippen LogP contribution in [0.1, 0.15) is 53.9 Å². The minimum absolute atomic E-state index is 0.0594. The summed E-state index contributed by atoms with van der Waals surface area (Å²) in [7, 11) is 1.66. The van der Waals surface area contributed by atoms with Gasteiger partial charge in [0.1, 0.15) is 11.8 Å². The molecule has 4 rings (SSSR count). The number of likely N-dealkylation sites (tertiary alicyclic amines) is 1. The van der Waals surface area contributed by atoms with Gasteiger partial charge < -0.3 is 18.8 Å². The van der Waals surface area contributed by atoms with Gasteiger partial charge in [-0.15, -0.1) is 10.2 Å². The highest BCUT2D eigenvalue weighted by molar-refractivity contribution is 5.97. The number of aromatic nitrogens is 2. The maximum absolute atomic E-state index is 13.3. The molecule has 7 nitrogen and oxygen atoms in total. The zero-order chi connectivity index (χ0) is 18.1. The molecule has 7 heteroatoms. The van der Waals surface area contributed by atoms with E-state index in [1.54, 1.807) is 18.9 Å². The number of hydrogen-bond acceptors (Lipinski definition) is 6. The van der Waals surface area contributed by atoms with Crippen molar-refractivity contribution in [3.05, 3.63) is 41.6 Å². The first kappa shape index (κ1) is 17.0. The summed E-state index contributed by atoms with van der Waals surface area (Å²) in [4.78, 5) is 15.1. The lowest BCUT2D eigenvalue weighted by atomic mass is 9.96. The van der Waals surface area contributed by atoms with Crippen molar-refractivity contribution in [2.75, 3.05) is 13.7 Å². The van der Waals surface area contributed by atoms with Gasteiger partial charge >= 0.3 is 0 Å².